The minimum Gasteiger partial charge on any atom is -0.394 e. The molecule has 0 aromatic rings. The maximum Gasteiger partial charge on any atom is 0.220 e. The van der Waals surface area contributed by atoms with Crippen molar-refractivity contribution in [1.29, 1.82) is 0 Å². The van der Waals surface area contributed by atoms with Gasteiger partial charge in [0.15, 0.2) is 0 Å². The fraction of sp³-hybridized carbons (Fsp3) is 0.980. The van der Waals surface area contributed by atoms with Crippen molar-refractivity contribution in [2.24, 2.45) is 0 Å². The summed E-state index contributed by atoms with van der Waals surface area (Å²) in [6.07, 6.45) is 60.4. The zero-order chi connectivity index (χ0) is 40.0. The van der Waals surface area contributed by atoms with Crippen molar-refractivity contribution in [2.75, 3.05) is 6.61 Å². The van der Waals surface area contributed by atoms with E-state index in [1.807, 2.05) is 0 Å². The molecule has 4 nitrogen and oxygen atoms in total. The first kappa shape index (κ1) is 54.4. The Morgan fingerprint density at radius 3 is 0.818 bits per heavy atom. The Kier molecular flexibility index (Phi) is 47.2. The molecule has 0 saturated carbocycles. The maximum atomic E-state index is 12.2. The first-order chi connectivity index (χ1) is 27.2. The topological polar surface area (TPSA) is 69.6 Å². The maximum absolute atomic E-state index is 12.2. The summed E-state index contributed by atoms with van der Waals surface area (Å²) < 4.78 is 0. The molecule has 2 atom stereocenters. The van der Waals surface area contributed by atoms with Gasteiger partial charge in [-0.15, -0.1) is 0 Å². The van der Waals surface area contributed by atoms with Gasteiger partial charge in [0, 0.05) is 6.42 Å². The lowest BCUT2D eigenvalue weighted by Gasteiger charge is -2.22. The van der Waals surface area contributed by atoms with E-state index in [9.17, 15) is 15.0 Å². The second kappa shape index (κ2) is 47.8. The van der Waals surface area contributed by atoms with Crippen molar-refractivity contribution in [2.45, 2.75) is 315 Å². The number of hydrogen-bond acceptors (Lipinski definition) is 3. The highest BCUT2D eigenvalue weighted by Gasteiger charge is 2.19. The van der Waals surface area contributed by atoms with Gasteiger partial charge in [-0.2, -0.15) is 0 Å². The molecule has 0 heterocycles. The highest BCUT2D eigenvalue weighted by Crippen LogP contribution is 2.18. The van der Waals surface area contributed by atoms with Crippen molar-refractivity contribution < 1.29 is 15.0 Å². The third-order valence-electron chi connectivity index (χ3n) is 12.4. The predicted octanol–water partition coefficient (Wildman–Crippen LogP) is 16.4. The Morgan fingerprint density at radius 1 is 0.364 bits per heavy atom. The monoisotopic (exact) mass is 778 g/mol. The lowest BCUT2D eigenvalue weighted by molar-refractivity contribution is -0.123. The van der Waals surface area contributed by atoms with Gasteiger partial charge in [-0.1, -0.05) is 284 Å². The van der Waals surface area contributed by atoms with Crippen LogP contribution < -0.4 is 5.32 Å². The molecule has 0 aliphatic heterocycles. The van der Waals surface area contributed by atoms with Gasteiger partial charge in [-0.05, 0) is 12.8 Å². The lowest BCUT2D eigenvalue weighted by Crippen LogP contribution is -2.45. The fourth-order valence-corrected chi connectivity index (χ4v) is 8.42. The van der Waals surface area contributed by atoms with Crippen molar-refractivity contribution in [3.63, 3.8) is 0 Å². The Hall–Kier alpha value is -0.610. The highest BCUT2D eigenvalue weighted by atomic mass is 16.3. The van der Waals surface area contributed by atoms with Gasteiger partial charge in [0.25, 0.3) is 0 Å². The number of aliphatic hydroxyl groups is 2. The quantitative estimate of drug-likeness (QED) is 0.0539. The number of rotatable bonds is 48. The van der Waals surface area contributed by atoms with Gasteiger partial charge in [-0.3, -0.25) is 4.79 Å². The number of hydrogen-bond donors (Lipinski definition) is 3. The van der Waals surface area contributed by atoms with Gasteiger partial charge >= 0.3 is 0 Å². The average molecular weight is 778 g/mol. The van der Waals surface area contributed by atoms with Crippen LogP contribution in [-0.2, 0) is 4.79 Å². The molecule has 0 aliphatic carbocycles. The summed E-state index contributed by atoms with van der Waals surface area (Å²) in [5.41, 5.74) is 0. The summed E-state index contributed by atoms with van der Waals surface area (Å²) >= 11 is 0. The number of aliphatic hydroxyl groups excluding tert-OH is 2. The number of carbonyl (C=O) groups excluding carboxylic acids is 1. The molecule has 330 valence electrons. The smallest absolute Gasteiger partial charge is 0.220 e. The van der Waals surface area contributed by atoms with Crippen LogP contribution in [0, 0.1) is 0 Å². The van der Waals surface area contributed by atoms with Crippen LogP contribution in [0.5, 0.6) is 0 Å². The normalized spacial score (nSPS) is 12.7. The molecule has 0 bridgehead atoms. The Balaban J connectivity index is 3.19. The lowest BCUT2D eigenvalue weighted by atomic mass is 10.0. The summed E-state index contributed by atoms with van der Waals surface area (Å²) in [6.45, 7) is 4.24. The van der Waals surface area contributed by atoms with Crippen molar-refractivity contribution in [3.05, 3.63) is 0 Å². The van der Waals surface area contributed by atoms with E-state index < -0.39 is 12.1 Å². The standard InChI is InChI=1S/C51H103NO3/c1-3-5-7-8-9-10-11-12-13-14-15-16-17-18-19-20-21-22-23-24-25-26-27-28-29-30-31-32-33-34-35-36-37-38-39-40-41-42-43-45-47-51(55)52-49(48-53)50(54)46-44-6-4-2/h49-50,53-54H,3-48H2,1-2H3,(H,52,55). The Morgan fingerprint density at radius 2 is 0.582 bits per heavy atom. The molecule has 0 rings (SSSR count). The van der Waals surface area contributed by atoms with E-state index >= 15 is 0 Å². The molecule has 3 N–H and O–H groups in total. The molecule has 0 saturated heterocycles. The van der Waals surface area contributed by atoms with Crippen LogP contribution in [-0.4, -0.2) is 34.9 Å². The summed E-state index contributed by atoms with van der Waals surface area (Å²) in [4.78, 5) is 12.2. The molecule has 0 aromatic heterocycles. The van der Waals surface area contributed by atoms with Crippen LogP contribution in [0.2, 0.25) is 0 Å². The molecule has 2 unspecified atom stereocenters. The molecule has 1 amide bonds. The second-order valence-corrected chi connectivity index (χ2v) is 18.0. The molecule has 0 radical (unpaired) electrons. The van der Waals surface area contributed by atoms with Crippen molar-refractivity contribution in [1.82, 2.24) is 5.32 Å². The Labute approximate surface area is 346 Å². The molecule has 0 spiro atoms. The van der Waals surface area contributed by atoms with Crippen LogP contribution >= 0.6 is 0 Å². The fourth-order valence-electron chi connectivity index (χ4n) is 8.42. The summed E-state index contributed by atoms with van der Waals surface area (Å²) in [5.74, 6) is -0.0368. The molecule has 0 fully saturated rings. The molecule has 4 heteroatoms. The van der Waals surface area contributed by atoms with Gasteiger partial charge in [0.05, 0.1) is 18.8 Å². The van der Waals surface area contributed by atoms with E-state index in [0.29, 0.717) is 12.8 Å². The average Bonchev–Trinajstić information content (AvgIpc) is 3.19. The van der Waals surface area contributed by atoms with Crippen molar-refractivity contribution >= 4 is 5.91 Å². The number of unbranched alkanes of at least 4 members (excludes halogenated alkanes) is 41. The van der Waals surface area contributed by atoms with E-state index in [4.69, 9.17) is 0 Å². The van der Waals surface area contributed by atoms with E-state index in [0.717, 1.165) is 32.1 Å². The number of carbonyl (C=O) groups is 1. The molecular weight excluding hydrogens is 675 g/mol. The number of amides is 1. The predicted molar refractivity (Wildman–Crippen MR) is 244 cm³/mol. The van der Waals surface area contributed by atoms with E-state index in [1.54, 1.807) is 0 Å². The van der Waals surface area contributed by atoms with Crippen molar-refractivity contribution in [3.8, 4) is 0 Å². The third-order valence-corrected chi connectivity index (χ3v) is 12.4. The van der Waals surface area contributed by atoms with Gasteiger partial charge in [0.1, 0.15) is 0 Å². The van der Waals surface area contributed by atoms with E-state index in [1.165, 1.54) is 244 Å². The van der Waals surface area contributed by atoms with E-state index in [-0.39, 0.29) is 12.5 Å². The molecule has 55 heavy (non-hydrogen) atoms. The van der Waals surface area contributed by atoms with Crippen LogP contribution in [0.1, 0.15) is 303 Å². The summed E-state index contributed by atoms with van der Waals surface area (Å²) in [5, 5.41) is 22.6. The van der Waals surface area contributed by atoms with Crippen LogP contribution in [0.25, 0.3) is 0 Å². The SMILES string of the molecule is CCCCCCCCCCCCCCCCCCCCCCCCCCCCCCCCCCCCCCCCCCC(=O)NC(CO)C(O)CCCCC. The molecule has 0 aliphatic rings. The first-order valence-electron chi connectivity index (χ1n) is 25.7. The van der Waals surface area contributed by atoms with Crippen LogP contribution in [0.15, 0.2) is 0 Å². The zero-order valence-electron chi connectivity index (χ0n) is 38.0. The minimum absolute atomic E-state index is 0.0368. The highest BCUT2D eigenvalue weighted by molar-refractivity contribution is 5.76. The summed E-state index contributed by atoms with van der Waals surface area (Å²) in [6, 6.07) is -0.526. The third kappa shape index (κ3) is 44.3. The Bertz CT molecular complexity index is 714. The first-order valence-corrected chi connectivity index (χ1v) is 25.7. The van der Waals surface area contributed by atoms with E-state index in [2.05, 4.69) is 19.2 Å². The second-order valence-electron chi connectivity index (χ2n) is 18.0. The molecular formula is C51H103NO3. The largest absolute Gasteiger partial charge is 0.394 e. The van der Waals surface area contributed by atoms with Gasteiger partial charge in [-0.25, -0.2) is 0 Å². The summed E-state index contributed by atoms with van der Waals surface area (Å²) in [7, 11) is 0. The number of nitrogens with one attached hydrogen (secondary N) is 1. The van der Waals surface area contributed by atoms with Gasteiger partial charge < -0.3 is 15.5 Å². The van der Waals surface area contributed by atoms with Gasteiger partial charge in [0.2, 0.25) is 5.91 Å². The zero-order valence-corrected chi connectivity index (χ0v) is 38.0. The van der Waals surface area contributed by atoms with Crippen LogP contribution in [0.3, 0.4) is 0 Å². The minimum atomic E-state index is -0.650. The van der Waals surface area contributed by atoms with Crippen LogP contribution in [0.4, 0.5) is 0 Å². The molecule has 0 aromatic carbocycles.